The SMILES string of the molecule is O=C(O)c1cc([N+](=O)[O-])ccc1C(=O)NCc1ccc(Cl)cc1. The Labute approximate surface area is 135 Å². The molecule has 0 fully saturated rings. The zero-order valence-electron chi connectivity index (χ0n) is 11.7. The van der Waals surface area contributed by atoms with E-state index in [1.807, 2.05) is 0 Å². The molecular formula is C15H11ClN2O5. The molecule has 0 aliphatic rings. The Kier molecular flexibility index (Phi) is 4.92. The highest BCUT2D eigenvalue weighted by Crippen LogP contribution is 2.18. The number of carboxylic acids is 1. The van der Waals surface area contributed by atoms with Crippen LogP contribution in [0.15, 0.2) is 42.5 Å². The third-order valence-electron chi connectivity index (χ3n) is 3.06. The molecule has 8 heteroatoms. The van der Waals surface area contributed by atoms with Crippen molar-refractivity contribution < 1.29 is 19.6 Å². The maximum Gasteiger partial charge on any atom is 0.336 e. The van der Waals surface area contributed by atoms with E-state index in [0.29, 0.717) is 5.02 Å². The molecule has 0 unspecified atom stereocenters. The number of non-ortho nitro benzene ring substituents is 1. The first-order valence-electron chi connectivity index (χ1n) is 6.43. The van der Waals surface area contributed by atoms with Gasteiger partial charge in [-0.1, -0.05) is 23.7 Å². The third-order valence-corrected chi connectivity index (χ3v) is 3.31. The van der Waals surface area contributed by atoms with Crippen molar-refractivity contribution in [1.82, 2.24) is 5.32 Å². The Bertz CT molecular complexity index is 774. The first-order chi connectivity index (χ1) is 10.9. The molecule has 2 rings (SSSR count). The van der Waals surface area contributed by atoms with Crippen LogP contribution in [-0.2, 0) is 6.54 Å². The zero-order valence-corrected chi connectivity index (χ0v) is 12.4. The summed E-state index contributed by atoms with van der Waals surface area (Å²) < 4.78 is 0. The summed E-state index contributed by atoms with van der Waals surface area (Å²) in [6.07, 6.45) is 0. The van der Waals surface area contributed by atoms with E-state index in [1.165, 1.54) is 0 Å². The molecule has 0 saturated heterocycles. The van der Waals surface area contributed by atoms with Crippen LogP contribution >= 0.6 is 11.6 Å². The van der Waals surface area contributed by atoms with Crippen molar-refractivity contribution in [2.75, 3.05) is 0 Å². The molecule has 0 saturated carbocycles. The molecule has 2 aromatic rings. The number of nitrogens with zero attached hydrogens (tertiary/aromatic N) is 1. The molecule has 0 radical (unpaired) electrons. The number of rotatable bonds is 5. The van der Waals surface area contributed by atoms with Gasteiger partial charge in [0.2, 0.25) is 0 Å². The second-order valence-electron chi connectivity index (χ2n) is 4.60. The van der Waals surface area contributed by atoms with Crippen LogP contribution < -0.4 is 5.32 Å². The van der Waals surface area contributed by atoms with Crippen molar-refractivity contribution in [1.29, 1.82) is 0 Å². The van der Waals surface area contributed by atoms with E-state index in [1.54, 1.807) is 24.3 Å². The lowest BCUT2D eigenvalue weighted by molar-refractivity contribution is -0.384. The first-order valence-corrected chi connectivity index (χ1v) is 6.80. The number of nitro groups is 1. The number of nitrogens with one attached hydrogen (secondary N) is 1. The molecule has 0 heterocycles. The van der Waals surface area contributed by atoms with Gasteiger partial charge in [-0.25, -0.2) is 4.79 Å². The van der Waals surface area contributed by atoms with E-state index in [4.69, 9.17) is 16.7 Å². The van der Waals surface area contributed by atoms with Crippen LogP contribution in [0.1, 0.15) is 26.3 Å². The molecule has 0 atom stereocenters. The summed E-state index contributed by atoms with van der Waals surface area (Å²) in [5.41, 5.74) is -0.178. The highest BCUT2D eigenvalue weighted by molar-refractivity contribution is 6.30. The van der Waals surface area contributed by atoms with E-state index in [-0.39, 0.29) is 12.1 Å². The van der Waals surface area contributed by atoms with Crippen molar-refractivity contribution >= 4 is 29.2 Å². The highest BCUT2D eigenvalue weighted by Gasteiger charge is 2.20. The lowest BCUT2D eigenvalue weighted by atomic mass is 10.1. The van der Waals surface area contributed by atoms with Gasteiger partial charge in [0, 0.05) is 23.7 Å². The second kappa shape index (κ2) is 6.89. The fourth-order valence-corrected chi connectivity index (χ4v) is 2.03. The number of carbonyl (C=O) groups is 2. The number of carboxylic acid groups (broad SMARTS) is 1. The van der Waals surface area contributed by atoms with Crippen molar-refractivity contribution in [3.05, 3.63) is 74.3 Å². The van der Waals surface area contributed by atoms with Gasteiger partial charge in [0.05, 0.1) is 16.1 Å². The largest absolute Gasteiger partial charge is 0.478 e. The summed E-state index contributed by atoms with van der Waals surface area (Å²) >= 11 is 5.76. The predicted molar refractivity (Wildman–Crippen MR) is 82.7 cm³/mol. The summed E-state index contributed by atoms with van der Waals surface area (Å²) in [4.78, 5) is 33.3. The van der Waals surface area contributed by atoms with Gasteiger partial charge in [-0.05, 0) is 23.8 Å². The molecule has 0 spiro atoms. The molecular weight excluding hydrogens is 324 g/mol. The maximum atomic E-state index is 12.1. The van der Waals surface area contributed by atoms with Gasteiger partial charge in [-0.3, -0.25) is 14.9 Å². The van der Waals surface area contributed by atoms with Crippen LogP contribution in [-0.4, -0.2) is 21.9 Å². The fourth-order valence-electron chi connectivity index (χ4n) is 1.90. The molecule has 0 aliphatic carbocycles. The summed E-state index contributed by atoms with van der Waals surface area (Å²) in [7, 11) is 0. The van der Waals surface area contributed by atoms with Gasteiger partial charge in [-0.2, -0.15) is 0 Å². The first kappa shape index (κ1) is 16.4. The Morgan fingerprint density at radius 1 is 1.13 bits per heavy atom. The average molecular weight is 335 g/mol. The Hall–Kier alpha value is -2.93. The molecule has 7 nitrogen and oxygen atoms in total. The zero-order chi connectivity index (χ0) is 17.0. The predicted octanol–water partition coefficient (Wildman–Crippen LogP) is 2.88. The lowest BCUT2D eigenvalue weighted by Crippen LogP contribution is -2.25. The van der Waals surface area contributed by atoms with Crippen LogP contribution in [0.5, 0.6) is 0 Å². The highest BCUT2D eigenvalue weighted by atomic mass is 35.5. The molecule has 0 aromatic heterocycles. The summed E-state index contributed by atoms with van der Waals surface area (Å²) in [6, 6.07) is 9.84. The topological polar surface area (TPSA) is 110 Å². The van der Waals surface area contributed by atoms with Gasteiger partial charge < -0.3 is 10.4 Å². The van der Waals surface area contributed by atoms with E-state index in [0.717, 1.165) is 23.8 Å². The smallest absolute Gasteiger partial charge is 0.336 e. The Morgan fingerprint density at radius 3 is 2.35 bits per heavy atom. The molecule has 2 aromatic carbocycles. The number of nitro benzene ring substituents is 1. The number of hydrogen-bond donors (Lipinski definition) is 2. The Morgan fingerprint density at radius 2 is 1.78 bits per heavy atom. The normalized spacial score (nSPS) is 10.1. The number of carbonyl (C=O) groups excluding carboxylic acids is 1. The summed E-state index contributed by atoms with van der Waals surface area (Å²) in [5.74, 6) is -2.04. The van der Waals surface area contributed by atoms with Crippen LogP contribution in [0.3, 0.4) is 0 Å². The van der Waals surface area contributed by atoms with Crippen molar-refractivity contribution in [2.24, 2.45) is 0 Å². The summed E-state index contributed by atoms with van der Waals surface area (Å²) in [5, 5.41) is 22.9. The fraction of sp³-hybridized carbons (Fsp3) is 0.0667. The number of aromatic carboxylic acids is 1. The number of amides is 1. The van der Waals surface area contributed by atoms with Crippen molar-refractivity contribution in [2.45, 2.75) is 6.54 Å². The quantitative estimate of drug-likeness (QED) is 0.645. The van der Waals surface area contributed by atoms with E-state index < -0.39 is 28.1 Å². The van der Waals surface area contributed by atoms with Gasteiger partial charge in [0.1, 0.15) is 0 Å². The van der Waals surface area contributed by atoms with Gasteiger partial charge in [0.25, 0.3) is 11.6 Å². The maximum absolute atomic E-state index is 12.1. The molecule has 118 valence electrons. The second-order valence-corrected chi connectivity index (χ2v) is 5.04. The lowest BCUT2D eigenvalue weighted by Gasteiger charge is -2.08. The van der Waals surface area contributed by atoms with E-state index >= 15 is 0 Å². The van der Waals surface area contributed by atoms with E-state index in [2.05, 4.69) is 5.32 Å². The molecule has 0 bridgehead atoms. The molecule has 0 aliphatic heterocycles. The number of benzene rings is 2. The van der Waals surface area contributed by atoms with Crippen molar-refractivity contribution in [3.63, 3.8) is 0 Å². The monoisotopic (exact) mass is 334 g/mol. The number of halogens is 1. The average Bonchev–Trinajstić information content (AvgIpc) is 2.53. The number of hydrogen-bond acceptors (Lipinski definition) is 4. The van der Waals surface area contributed by atoms with Crippen LogP contribution in [0.25, 0.3) is 0 Å². The van der Waals surface area contributed by atoms with Gasteiger partial charge in [-0.15, -0.1) is 0 Å². The van der Waals surface area contributed by atoms with Crippen LogP contribution in [0.4, 0.5) is 5.69 Å². The van der Waals surface area contributed by atoms with Gasteiger partial charge in [0.15, 0.2) is 0 Å². The minimum absolute atomic E-state index is 0.142. The van der Waals surface area contributed by atoms with Crippen LogP contribution in [0, 0.1) is 10.1 Å². The molecule has 23 heavy (non-hydrogen) atoms. The van der Waals surface area contributed by atoms with E-state index in [9.17, 15) is 19.7 Å². The Balaban J connectivity index is 2.19. The molecule has 1 amide bonds. The van der Waals surface area contributed by atoms with Crippen molar-refractivity contribution in [3.8, 4) is 0 Å². The third kappa shape index (κ3) is 4.04. The standard InChI is InChI=1S/C15H11ClN2O5/c16-10-3-1-9(2-4-10)8-17-14(19)12-6-5-11(18(22)23)7-13(12)15(20)21/h1-7H,8H2,(H,17,19)(H,20,21). The van der Waals surface area contributed by atoms with Gasteiger partial charge >= 0.3 is 5.97 Å². The molecule has 2 N–H and O–H groups in total. The summed E-state index contributed by atoms with van der Waals surface area (Å²) in [6.45, 7) is 0.173. The minimum Gasteiger partial charge on any atom is -0.478 e. The van der Waals surface area contributed by atoms with Crippen LogP contribution in [0.2, 0.25) is 5.02 Å². The minimum atomic E-state index is -1.41.